The molecule has 0 spiro atoms. The number of hydrogen-bond acceptors (Lipinski definition) is 7. The molecule has 0 unspecified atom stereocenters. The van der Waals surface area contributed by atoms with Crippen LogP contribution >= 0.6 is 34.0 Å². The molecule has 1 aliphatic rings. The van der Waals surface area contributed by atoms with Crippen LogP contribution in [0.25, 0.3) is 42.3 Å². The number of benzene rings is 3. The number of carbonyl (C=O) groups excluding carboxylic acids is 1. The molecule has 3 aromatic carbocycles. The summed E-state index contributed by atoms with van der Waals surface area (Å²) in [5.74, 6) is -0.126. The average molecular weight is 615 g/mol. The number of nitrogens with zero attached hydrogens (tertiary/aromatic N) is 3. The van der Waals surface area contributed by atoms with Crippen LogP contribution in [0.2, 0.25) is 0 Å². The average Bonchev–Trinajstić information content (AvgIpc) is 3.79. The van der Waals surface area contributed by atoms with Gasteiger partial charge < -0.3 is 5.32 Å². The monoisotopic (exact) mass is 614 g/mol. The van der Waals surface area contributed by atoms with Crippen LogP contribution in [0, 0.1) is 0 Å². The maximum Gasteiger partial charge on any atom is 0.257 e. The zero-order valence-corrected chi connectivity index (χ0v) is 25.6. The fourth-order valence-electron chi connectivity index (χ4n) is 5.81. The number of nitrogens with one attached hydrogen (secondary N) is 1. The highest BCUT2D eigenvalue weighted by Gasteiger charge is 2.28. The number of anilines is 1. The fourth-order valence-corrected chi connectivity index (χ4v) is 8.89. The van der Waals surface area contributed by atoms with Crippen LogP contribution < -0.4 is 5.32 Å². The van der Waals surface area contributed by atoms with Crippen LogP contribution in [0.1, 0.15) is 26.4 Å². The highest BCUT2D eigenvalue weighted by atomic mass is 32.1. The van der Waals surface area contributed by atoms with E-state index in [9.17, 15) is 4.79 Å². The summed E-state index contributed by atoms with van der Waals surface area (Å²) in [6, 6.07) is 32.7. The van der Waals surface area contributed by atoms with E-state index in [0.29, 0.717) is 5.56 Å². The molecule has 1 amide bonds. The summed E-state index contributed by atoms with van der Waals surface area (Å²) in [6.45, 7) is 2.72. The van der Waals surface area contributed by atoms with Crippen molar-refractivity contribution in [3.63, 3.8) is 0 Å². The molecule has 5 nitrogen and oxygen atoms in total. The molecule has 0 bridgehead atoms. The molecule has 0 saturated heterocycles. The van der Waals surface area contributed by atoms with Gasteiger partial charge in [-0.15, -0.1) is 34.0 Å². The number of thiazole rings is 1. The Morgan fingerprint density at radius 1 is 0.860 bits per heavy atom. The van der Waals surface area contributed by atoms with Crippen LogP contribution in [-0.4, -0.2) is 27.3 Å². The molecule has 8 heteroatoms. The van der Waals surface area contributed by atoms with Gasteiger partial charge in [0.2, 0.25) is 0 Å². The maximum absolute atomic E-state index is 14.2. The van der Waals surface area contributed by atoms with E-state index >= 15 is 0 Å². The topological polar surface area (TPSA) is 58.1 Å². The number of carbonyl (C=O) groups is 1. The smallest absolute Gasteiger partial charge is 0.257 e. The number of thiophene rings is 2. The van der Waals surface area contributed by atoms with Crippen LogP contribution in [0.15, 0.2) is 102 Å². The van der Waals surface area contributed by atoms with Crippen LogP contribution in [0.4, 0.5) is 5.00 Å². The SMILES string of the molecule is O=C(Nc1sc2c(c1-c1nc3ccccc3s1)CCN(Cc1ccccc1)C2)c1cc(-c2cccs2)nc2ccccc12. The summed E-state index contributed by atoms with van der Waals surface area (Å²) in [6.07, 6.45) is 0.917. The number of aromatic nitrogens is 2. The van der Waals surface area contributed by atoms with E-state index in [2.05, 4.69) is 58.7 Å². The molecule has 43 heavy (non-hydrogen) atoms. The van der Waals surface area contributed by atoms with E-state index in [-0.39, 0.29) is 5.91 Å². The minimum atomic E-state index is -0.126. The first-order valence-corrected chi connectivity index (χ1v) is 16.7. The summed E-state index contributed by atoms with van der Waals surface area (Å²) < 4.78 is 1.15. The molecular formula is C35H26N4OS3. The number of fused-ring (bicyclic) bond motifs is 3. The third-order valence-corrected chi connectivity index (χ3v) is 10.9. The highest BCUT2D eigenvalue weighted by molar-refractivity contribution is 7.23. The second kappa shape index (κ2) is 11.1. The number of hydrogen-bond donors (Lipinski definition) is 1. The molecule has 8 rings (SSSR count). The lowest BCUT2D eigenvalue weighted by Crippen LogP contribution is -2.29. The van der Waals surface area contributed by atoms with E-state index in [4.69, 9.17) is 9.97 Å². The van der Waals surface area contributed by atoms with E-state index in [0.717, 1.165) is 73.3 Å². The predicted octanol–water partition coefficient (Wildman–Crippen LogP) is 9.11. The van der Waals surface area contributed by atoms with Gasteiger partial charge >= 0.3 is 0 Å². The Kier molecular flexibility index (Phi) is 6.84. The van der Waals surface area contributed by atoms with Crippen molar-refractivity contribution >= 4 is 66.0 Å². The lowest BCUT2D eigenvalue weighted by atomic mass is 10.0. The molecule has 0 atom stereocenters. The van der Waals surface area contributed by atoms with Crippen molar-refractivity contribution in [1.82, 2.24) is 14.9 Å². The molecule has 5 heterocycles. The van der Waals surface area contributed by atoms with Gasteiger partial charge in [0.25, 0.3) is 5.91 Å². The van der Waals surface area contributed by atoms with E-state index < -0.39 is 0 Å². The van der Waals surface area contributed by atoms with Crippen molar-refractivity contribution < 1.29 is 4.79 Å². The van der Waals surface area contributed by atoms with E-state index in [1.54, 1.807) is 34.0 Å². The van der Waals surface area contributed by atoms with Crippen molar-refractivity contribution in [1.29, 1.82) is 0 Å². The van der Waals surface area contributed by atoms with Gasteiger partial charge in [-0.1, -0.05) is 66.7 Å². The Morgan fingerprint density at radius 3 is 2.51 bits per heavy atom. The first-order valence-electron chi connectivity index (χ1n) is 14.2. The number of pyridine rings is 1. The minimum absolute atomic E-state index is 0.126. The Bertz CT molecular complexity index is 2060. The van der Waals surface area contributed by atoms with Crippen molar-refractivity contribution in [3.05, 3.63) is 124 Å². The summed E-state index contributed by atoms with van der Waals surface area (Å²) in [5, 5.41) is 8.07. The van der Waals surface area contributed by atoms with Crippen molar-refractivity contribution in [2.75, 3.05) is 11.9 Å². The molecule has 1 aliphatic heterocycles. The van der Waals surface area contributed by atoms with E-state index in [1.807, 2.05) is 53.9 Å². The Labute approximate surface area is 261 Å². The zero-order chi connectivity index (χ0) is 28.8. The Hall–Kier alpha value is -4.21. The largest absolute Gasteiger partial charge is 0.313 e. The third-order valence-electron chi connectivity index (χ3n) is 7.85. The summed E-state index contributed by atoms with van der Waals surface area (Å²) >= 11 is 5.01. The van der Waals surface area contributed by atoms with Crippen LogP contribution in [0.5, 0.6) is 0 Å². The highest BCUT2D eigenvalue weighted by Crippen LogP contribution is 2.46. The first kappa shape index (κ1) is 26.4. The van der Waals surface area contributed by atoms with Gasteiger partial charge in [0.1, 0.15) is 10.0 Å². The number of para-hydroxylation sites is 2. The normalized spacial score (nSPS) is 13.4. The first-order chi connectivity index (χ1) is 21.2. The summed E-state index contributed by atoms with van der Waals surface area (Å²) in [4.78, 5) is 28.9. The van der Waals surface area contributed by atoms with Gasteiger partial charge in [-0.3, -0.25) is 9.69 Å². The number of amides is 1. The maximum atomic E-state index is 14.2. The third kappa shape index (κ3) is 5.06. The zero-order valence-electron chi connectivity index (χ0n) is 23.1. The fraction of sp³-hybridized carbons (Fsp3) is 0.114. The molecule has 0 fully saturated rings. The quantitative estimate of drug-likeness (QED) is 0.203. The molecule has 7 aromatic rings. The van der Waals surface area contributed by atoms with Crippen molar-refractivity contribution in [2.45, 2.75) is 19.5 Å². The number of rotatable bonds is 6. The molecule has 0 radical (unpaired) electrons. The second-order valence-electron chi connectivity index (χ2n) is 10.6. The standard InChI is InChI=1S/C35H26N4OS3/c40-33(25-19-28(29-15-8-18-41-29)36-26-12-5-4-11-23(25)26)38-35-32(34-37-27-13-6-7-14-30(27)42-34)24-16-17-39(21-31(24)43-35)20-22-9-2-1-3-10-22/h1-15,18-19H,16-17,20-21H2,(H,38,40). The predicted molar refractivity (Wildman–Crippen MR) is 180 cm³/mol. The summed E-state index contributed by atoms with van der Waals surface area (Å²) in [5.41, 5.74) is 6.93. The molecular weight excluding hydrogens is 589 g/mol. The van der Waals surface area contributed by atoms with Crippen molar-refractivity contribution in [3.8, 4) is 21.1 Å². The van der Waals surface area contributed by atoms with Crippen molar-refractivity contribution in [2.24, 2.45) is 0 Å². The lowest BCUT2D eigenvalue weighted by molar-refractivity contribution is 0.102. The van der Waals surface area contributed by atoms with Gasteiger partial charge in [-0.25, -0.2) is 9.97 Å². The van der Waals surface area contributed by atoms with Gasteiger partial charge in [0.15, 0.2) is 0 Å². The Morgan fingerprint density at radius 2 is 1.67 bits per heavy atom. The van der Waals surface area contributed by atoms with Crippen LogP contribution in [-0.2, 0) is 19.5 Å². The van der Waals surface area contributed by atoms with Gasteiger partial charge in [0, 0.05) is 35.5 Å². The van der Waals surface area contributed by atoms with E-state index in [1.165, 1.54) is 16.0 Å². The van der Waals surface area contributed by atoms with Gasteiger partial charge in [-0.05, 0) is 53.3 Å². The van der Waals surface area contributed by atoms with Gasteiger partial charge in [0.05, 0.1) is 31.9 Å². The molecule has 1 N–H and O–H groups in total. The molecule has 0 aliphatic carbocycles. The summed E-state index contributed by atoms with van der Waals surface area (Å²) in [7, 11) is 0. The van der Waals surface area contributed by atoms with Gasteiger partial charge in [-0.2, -0.15) is 0 Å². The molecule has 210 valence electrons. The molecule has 0 saturated carbocycles. The molecule has 4 aromatic heterocycles. The Balaban J connectivity index is 1.20. The lowest BCUT2D eigenvalue weighted by Gasteiger charge is -2.27. The minimum Gasteiger partial charge on any atom is -0.313 e. The van der Waals surface area contributed by atoms with Crippen LogP contribution in [0.3, 0.4) is 0 Å². The second-order valence-corrected chi connectivity index (χ2v) is 13.7.